The molecule has 1 N–H and O–H groups in total. The molecule has 0 atom stereocenters. The summed E-state index contributed by atoms with van der Waals surface area (Å²) in [7, 11) is 1.65. The van der Waals surface area contributed by atoms with Crippen LogP contribution in [-0.4, -0.2) is 36.6 Å². The highest BCUT2D eigenvalue weighted by Gasteiger charge is 2.20. The van der Waals surface area contributed by atoms with Gasteiger partial charge in [0.05, 0.1) is 17.1 Å². The fourth-order valence-corrected chi connectivity index (χ4v) is 4.18. The maximum Gasteiger partial charge on any atom is 0.264 e. The van der Waals surface area contributed by atoms with E-state index in [4.69, 9.17) is 0 Å². The van der Waals surface area contributed by atoms with Gasteiger partial charge in [0.15, 0.2) is 0 Å². The smallest absolute Gasteiger partial charge is 0.264 e. The van der Waals surface area contributed by atoms with Crippen molar-refractivity contribution in [2.24, 2.45) is 0 Å². The van der Waals surface area contributed by atoms with Crippen LogP contribution in [0.4, 0.5) is 5.69 Å². The minimum absolute atomic E-state index is 0.00627. The Morgan fingerprint density at radius 2 is 1.74 bits per heavy atom. The van der Waals surface area contributed by atoms with Gasteiger partial charge in [-0.1, -0.05) is 42.5 Å². The number of benzene rings is 2. The van der Waals surface area contributed by atoms with Gasteiger partial charge in [0.25, 0.3) is 5.91 Å². The zero-order valence-electron chi connectivity index (χ0n) is 15.1. The number of nitrogens with zero attached hydrogens (tertiary/aromatic N) is 1. The summed E-state index contributed by atoms with van der Waals surface area (Å²) in [5.74, 6) is -0.373. The van der Waals surface area contributed by atoms with E-state index in [1.165, 1.54) is 16.2 Å². The van der Waals surface area contributed by atoms with E-state index >= 15 is 0 Å². The number of thioether (sulfide) groups is 1. The average Bonchev–Trinajstić information content (AvgIpc) is 3.18. The molecule has 0 bridgehead atoms. The van der Waals surface area contributed by atoms with Gasteiger partial charge in [0, 0.05) is 17.5 Å². The van der Waals surface area contributed by atoms with E-state index in [1.807, 2.05) is 72.3 Å². The SMILES string of the molecule is CSc1ccccc1NC(=O)CN(C)C(=O)c1sccc1-c1ccccc1. The first-order valence-electron chi connectivity index (χ1n) is 8.41. The summed E-state index contributed by atoms with van der Waals surface area (Å²) in [5.41, 5.74) is 2.65. The molecule has 1 heterocycles. The van der Waals surface area contributed by atoms with Gasteiger partial charge < -0.3 is 10.2 Å². The summed E-state index contributed by atoms with van der Waals surface area (Å²) in [5, 5.41) is 4.79. The van der Waals surface area contributed by atoms with Crippen LogP contribution in [0.5, 0.6) is 0 Å². The van der Waals surface area contributed by atoms with E-state index < -0.39 is 0 Å². The maximum atomic E-state index is 12.9. The third-order valence-electron chi connectivity index (χ3n) is 4.05. The monoisotopic (exact) mass is 396 g/mol. The molecule has 4 nitrogen and oxygen atoms in total. The van der Waals surface area contributed by atoms with Gasteiger partial charge in [-0.3, -0.25) is 9.59 Å². The van der Waals surface area contributed by atoms with Gasteiger partial charge in [-0.25, -0.2) is 0 Å². The quantitative estimate of drug-likeness (QED) is 0.606. The predicted molar refractivity (Wildman–Crippen MR) is 114 cm³/mol. The summed E-state index contributed by atoms with van der Waals surface area (Å²) in [6.07, 6.45) is 1.96. The number of carbonyl (C=O) groups is 2. The van der Waals surface area contributed by atoms with Crippen molar-refractivity contribution in [3.63, 3.8) is 0 Å². The number of carbonyl (C=O) groups excluding carboxylic acids is 2. The Kier molecular flexibility index (Phi) is 6.32. The zero-order chi connectivity index (χ0) is 19.2. The highest BCUT2D eigenvalue weighted by atomic mass is 32.2. The number of rotatable bonds is 6. The Morgan fingerprint density at radius 1 is 1.04 bits per heavy atom. The van der Waals surface area contributed by atoms with Crippen molar-refractivity contribution in [3.8, 4) is 11.1 Å². The molecule has 2 aromatic carbocycles. The van der Waals surface area contributed by atoms with E-state index in [0.29, 0.717) is 4.88 Å². The first kappa shape index (κ1) is 19.2. The molecule has 138 valence electrons. The molecular weight excluding hydrogens is 376 g/mol. The highest BCUT2D eigenvalue weighted by molar-refractivity contribution is 7.98. The van der Waals surface area contributed by atoms with Gasteiger partial charge in [0.2, 0.25) is 5.91 Å². The summed E-state index contributed by atoms with van der Waals surface area (Å²) in [6.45, 7) is -0.00627. The van der Waals surface area contributed by atoms with E-state index in [9.17, 15) is 9.59 Å². The van der Waals surface area contributed by atoms with E-state index in [1.54, 1.807) is 18.8 Å². The Balaban J connectivity index is 1.70. The fourth-order valence-electron chi connectivity index (χ4n) is 2.72. The van der Waals surface area contributed by atoms with Crippen molar-refractivity contribution in [1.82, 2.24) is 4.90 Å². The predicted octanol–water partition coefficient (Wildman–Crippen LogP) is 4.85. The summed E-state index contributed by atoms with van der Waals surface area (Å²) in [4.78, 5) is 28.4. The lowest BCUT2D eigenvalue weighted by Crippen LogP contribution is -2.34. The van der Waals surface area contributed by atoms with Crippen molar-refractivity contribution in [1.29, 1.82) is 0 Å². The average molecular weight is 397 g/mol. The first-order chi connectivity index (χ1) is 13.1. The van der Waals surface area contributed by atoms with Crippen LogP contribution < -0.4 is 5.32 Å². The van der Waals surface area contributed by atoms with E-state index in [-0.39, 0.29) is 18.4 Å². The van der Waals surface area contributed by atoms with Crippen LogP contribution in [0.3, 0.4) is 0 Å². The highest BCUT2D eigenvalue weighted by Crippen LogP contribution is 2.29. The molecule has 6 heteroatoms. The molecule has 2 amide bonds. The van der Waals surface area contributed by atoms with E-state index in [0.717, 1.165) is 21.7 Å². The number of anilines is 1. The second kappa shape index (κ2) is 8.88. The van der Waals surface area contributed by atoms with Crippen molar-refractivity contribution >= 4 is 40.6 Å². The van der Waals surface area contributed by atoms with Crippen LogP contribution in [0.2, 0.25) is 0 Å². The minimum Gasteiger partial charge on any atom is -0.332 e. The largest absolute Gasteiger partial charge is 0.332 e. The summed E-state index contributed by atoms with van der Waals surface area (Å²) < 4.78 is 0. The molecule has 3 aromatic rings. The van der Waals surface area contributed by atoms with Crippen LogP contribution in [0, 0.1) is 0 Å². The molecule has 0 aliphatic heterocycles. The number of hydrogen-bond donors (Lipinski definition) is 1. The first-order valence-corrected chi connectivity index (χ1v) is 10.5. The normalized spacial score (nSPS) is 10.4. The van der Waals surface area contributed by atoms with Gasteiger partial charge >= 0.3 is 0 Å². The second-order valence-corrected chi connectivity index (χ2v) is 7.70. The third kappa shape index (κ3) is 4.59. The van der Waals surface area contributed by atoms with Crippen molar-refractivity contribution < 1.29 is 9.59 Å². The molecule has 1 aromatic heterocycles. The van der Waals surface area contributed by atoms with Crippen molar-refractivity contribution in [2.75, 3.05) is 25.2 Å². The fraction of sp³-hybridized carbons (Fsp3) is 0.143. The number of likely N-dealkylation sites (N-methyl/N-ethyl adjacent to an activating group) is 1. The summed E-state index contributed by atoms with van der Waals surface area (Å²) in [6, 6.07) is 19.3. The van der Waals surface area contributed by atoms with Gasteiger partial charge in [-0.05, 0) is 35.4 Å². The Morgan fingerprint density at radius 3 is 2.48 bits per heavy atom. The Bertz CT molecular complexity index is 938. The molecule has 3 rings (SSSR count). The van der Waals surface area contributed by atoms with E-state index in [2.05, 4.69) is 5.32 Å². The van der Waals surface area contributed by atoms with Crippen LogP contribution in [0.15, 0.2) is 70.9 Å². The Hall–Kier alpha value is -2.57. The van der Waals surface area contributed by atoms with Gasteiger partial charge in [0.1, 0.15) is 0 Å². The molecule has 0 radical (unpaired) electrons. The molecule has 0 saturated heterocycles. The number of hydrogen-bond acceptors (Lipinski definition) is 4. The molecular formula is C21H20N2O2S2. The van der Waals surface area contributed by atoms with Crippen LogP contribution in [-0.2, 0) is 4.79 Å². The zero-order valence-corrected chi connectivity index (χ0v) is 16.8. The van der Waals surface area contributed by atoms with Crippen LogP contribution in [0.25, 0.3) is 11.1 Å². The number of para-hydroxylation sites is 1. The van der Waals surface area contributed by atoms with Crippen LogP contribution >= 0.6 is 23.1 Å². The number of thiophene rings is 1. The lowest BCUT2D eigenvalue weighted by atomic mass is 10.1. The van der Waals surface area contributed by atoms with Gasteiger partial charge in [-0.2, -0.15) is 0 Å². The molecule has 0 spiro atoms. The number of nitrogens with one attached hydrogen (secondary N) is 1. The molecule has 27 heavy (non-hydrogen) atoms. The topological polar surface area (TPSA) is 49.4 Å². The summed E-state index contributed by atoms with van der Waals surface area (Å²) >= 11 is 2.96. The second-order valence-electron chi connectivity index (χ2n) is 5.94. The lowest BCUT2D eigenvalue weighted by molar-refractivity contribution is -0.116. The molecule has 0 aliphatic rings. The lowest BCUT2D eigenvalue weighted by Gasteiger charge is -2.17. The Labute approximate surface area is 167 Å². The molecule has 0 unspecified atom stereocenters. The standard InChI is InChI=1S/C21H20N2O2S2/c1-23(14-19(24)22-17-10-6-7-11-18(17)26-2)21(25)20-16(12-13-27-20)15-8-4-3-5-9-15/h3-13H,14H2,1-2H3,(H,22,24). The van der Waals surface area contributed by atoms with Crippen molar-refractivity contribution in [2.45, 2.75) is 4.90 Å². The molecule has 0 fully saturated rings. The molecule has 0 aliphatic carbocycles. The third-order valence-corrected chi connectivity index (χ3v) is 5.75. The van der Waals surface area contributed by atoms with Crippen LogP contribution in [0.1, 0.15) is 9.67 Å². The maximum absolute atomic E-state index is 12.9. The van der Waals surface area contributed by atoms with Crippen molar-refractivity contribution in [3.05, 3.63) is 70.9 Å². The van der Waals surface area contributed by atoms with Gasteiger partial charge in [-0.15, -0.1) is 23.1 Å². The number of amides is 2. The molecule has 0 saturated carbocycles. The minimum atomic E-state index is -0.217.